The van der Waals surface area contributed by atoms with Crippen LogP contribution in [0.15, 0.2) is 0 Å². The molecular weight excluding hydrogens is 250 g/mol. The molecule has 3 nitrogen and oxygen atoms in total. The van der Waals surface area contributed by atoms with Crippen LogP contribution in [0, 0.1) is 23.2 Å². The Balaban J connectivity index is 1.45. The molecular formula is C17H27NO2. The second kappa shape index (κ2) is 4.72. The Kier molecular flexibility index (Phi) is 3.10. The van der Waals surface area contributed by atoms with Crippen LogP contribution in [-0.2, 0) is 9.53 Å². The molecule has 5 fully saturated rings. The fourth-order valence-corrected chi connectivity index (χ4v) is 5.95. The van der Waals surface area contributed by atoms with Crippen molar-refractivity contribution in [3.63, 3.8) is 0 Å². The number of nitrogens with one attached hydrogen (secondary N) is 1. The minimum absolute atomic E-state index is 0.144. The van der Waals surface area contributed by atoms with Gasteiger partial charge < -0.3 is 10.1 Å². The molecule has 1 aliphatic heterocycles. The SMILES string of the molecule is C[C@H](NC(=O)[C@H]1CCCO1)C12CC3CC(CC(C3)C1)C2. The van der Waals surface area contributed by atoms with Crippen LogP contribution >= 0.6 is 0 Å². The number of hydrogen-bond donors (Lipinski definition) is 1. The van der Waals surface area contributed by atoms with Gasteiger partial charge >= 0.3 is 0 Å². The molecule has 20 heavy (non-hydrogen) atoms. The lowest BCUT2D eigenvalue weighted by molar-refractivity contribution is -0.134. The standard InChI is InChI=1S/C17H27NO2/c1-11(18-16(19)15-3-2-4-20-15)17-8-12-5-13(9-17)7-14(6-12)10-17/h11-15H,2-10H2,1H3,(H,18,19)/t11-,12?,13?,14?,15+,17?/m0/s1. The molecule has 2 atom stereocenters. The van der Waals surface area contributed by atoms with Gasteiger partial charge in [0.15, 0.2) is 0 Å². The Morgan fingerprint density at radius 2 is 1.75 bits per heavy atom. The molecule has 4 saturated carbocycles. The maximum absolute atomic E-state index is 12.3. The van der Waals surface area contributed by atoms with E-state index in [1.54, 1.807) is 0 Å². The first-order valence-corrected chi connectivity index (χ1v) is 8.57. The Morgan fingerprint density at radius 3 is 2.25 bits per heavy atom. The largest absolute Gasteiger partial charge is 0.368 e. The molecule has 112 valence electrons. The summed E-state index contributed by atoms with van der Waals surface area (Å²) in [4.78, 5) is 12.3. The molecule has 0 aromatic carbocycles. The Hall–Kier alpha value is -0.570. The van der Waals surface area contributed by atoms with Crippen molar-refractivity contribution in [3.8, 4) is 0 Å². The molecule has 3 heteroatoms. The molecule has 4 bridgehead atoms. The molecule has 5 rings (SSSR count). The van der Waals surface area contributed by atoms with Gasteiger partial charge in [-0.3, -0.25) is 4.79 Å². The summed E-state index contributed by atoms with van der Waals surface area (Å²) in [6.07, 6.45) is 10.2. The van der Waals surface area contributed by atoms with E-state index in [1.165, 1.54) is 38.5 Å². The van der Waals surface area contributed by atoms with Crippen molar-refractivity contribution >= 4 is 5.91 Å². The Morgan fingerprint density at radius 1 is 1.15 bits per heavy atom. The smallest absolute Gasteiger partial charge is 0.249 e. The van der Waals surface area contributed by atoms with Crippen molar-refractivity contribution in [3.05, 3.63) is 0 Å². The molecule has 1 N–H and O–H groups in total. The third-order valence-electron chi connectivity index (χ3n) is 6.59. The van der Waals surface area contributed by atoms with Gasteiger partial charge in [-0.05, 0) is 81.5 Å². The maximum Gasteiger partial charge on any atom is 0.249 e. The highest BCUT2D eigenvalue weighted by Gasteiger charge is 2.53. The van der Waals surface area contributed by atoms with E-state index in [2.05, 4.69) is 12.2 Å². The molecule has 1 amide bonds. The van der Waals surface area contributed by atoms with Gasteiger partial charge in [0.2, 0.25) is 5.91 Å². The van der Waals surface area contributed by atoms with Gasteiger partial charge in [-0.1, -0.05) is 0 Å². The molecule has 1 saturated heterocycles. The van der Waals surface area contributed by atoms with Crippen LogP contribution in [0.5, 0.6) is 0 Å². The first kappa shape index (κ1) is 13.1. The van der Waals surface area contributed by atoms with Gasteiger partial charge in [0, 0.05) is 12.6 Å². The first-order valence-electron chi connectivity index (χ1n) is 8.57. The van der Waals surface area contributed by atoms with E-state index in [1.807, 2.05) is 0 Å². The number of carbonyl (C=O) groups is 1. The summed E-state index contributed by atoms with van der Waals surface area (Å²) < 4.78 is 5.52. The van der Waals surface area contributed by atoms with Crippen LogP contribution < -0.4 is 5.32 Å². The summed E-state index contributed by atoms with van der Waals surface area (Å²) in [5.74, 6) is 2.99. The molecule has 4 aliphatic carbocycles. The number of amides is 1. The van der Waals surface area contributed by atoms with Crippen LogP contribution in [0.3, 0.4) is 0 Å². The van der Waals surface area contributed by atoms with Crippen molar-refractivity contribution < 1.29 is 9.53 Å². The third-order valence-corrected chi connectivity index (χ3v) is 6.59. The Bertz CT molecular complexity index is 365. The van der Waals surface area contributed by atoms with Gasteiger partial charge in [0.25, 0.3) is 0 Å². The third kappa shape index (κ3) is 2.09. The molecule has 1 heterocycles. The van der Waals surface area contributed by atoms with Crippen LogP contribution in [-0.4, -0.2) is 24.7 Å². The van der Waals surface area contributed by atoms with Gasteiger partial charge in [-0.25, -0.2) is 0 Å². The van der Waals surface area contributed by atoms with E-state index in [4.69, 9.17) is 4.74 Å². The summed E-state index contributed by atoms with van der Waals surface area (Å²) in [6.45, 7) is 3.00. The molecule has 0 radical (unpaired) electrons. The molecule has 0 unspecified atom stereocenters. The van der Waals surface area contributed by atoms with Crippen LogP contribution in [0.25, 0.3) is 0 Å². The van der Waals surface area contributed by atoms with Crippen LogP contribution in [0.2, 0.25) is 0 Å². The fourth-order valence-electron chi connectivity index (χ4n) is 5.95. The van der Waals surface area contributed by atoms with E-state index in [9.17, 15) is 4.79 Å². The van der Waals surface area contributed by atoms with E-state index >= 15 is 0 Å². The summed E-state index contributed by atoms with van der Waals surface area (Å²) in [5.41, 5.74) is 0.406. The summed E-state index contributed by atoms with van der Waals surface area (Å²) >= 11 is 0. The van der Waals surface area contributed by atoms with Crippen molar-refractivity contribution in [1.29, 1.82) is 0 Å². The quantitative estimate of drug-likeness (QED) is 0.861. The summed E-state index contributed by atoms with van der Waals surface area (Å²) in [7, 11) is 0. The number of hydrogen-bond acceptors (Lipinski definition) is 2. The van der Waals surface area contributed by atoms with E-state index in [0.29, 0.717) is 11.5 Å². The number of rotatable bonds is 3. The monoisotopic (exact) mass is 277 g/mol. The summed E-state index contributed by atoms with van der Waals surface area (Å²) in [6, 6.07) is 0.326. The lowest BCUT2D eigenvalue weighted by Crippen LogP contribution is -2.56. The zero-order valence-electron chi connectivity index (χ0n) is 12.6. The highest BCUT2D eigenvalue weighted by Crippen LogP contribution is 2.61. The van der Waals surface area contributed by atoms with Crippen molar-refractivity contribution in [2.75, 3.05) is 6.61 Å². The zero-order valence-corrected chi connectivity index (χ0v) is 12.6. The van der Waals surface area contributed by atoms with Gasteiger partial charge in [0.1, 0.15) is 6.10 Å². The predicted molar refractivity (Wildman–Crippen MR) is 77.2 cm³/mol. The minimum Gasteiger partial charge on any atom is -0.368 e. The second-order valence-electron chi connectivity index (χ2n) is 8.01. The van der Waals surface area contributed by atoms with Crippen LogP contribution in [0.1, 0.15) is 58.3 Å². The topological polar surface area (TPSA) is 38.3 Å². The zero-order chi connectivity index (χ0) is 13.7. The minimum atomic E-state index is -0.175. The molecule has 0 aromatic heterocycles. The van der Waals surface area contributed by atoms with Gasteiger partial charge in [-0.2, -0.15) is 0 Å². The fraction of sp³-hybridized carbons (Fsp3) is 0.941. The second-order valence-corrected chi connectivity index (χ2v) is 8.01. The number of ether oxygens (including phenoxy) is 1. The molecule has 0 spiro atoms. The van der Waals surface area contributed by atoms with Crippen LogP contribution in [0.4, 0.5) is 0 Å². The van der Waals surface area contributed by atoms with E-state index in [-0.39, 0.29) is 12.0 Å². The maximum atomic E-state index is 12.3. The highest BCUT2D eigenvalue weighted by atomic mass is 16.5. The molecule has 0 aromatic rings. The van der Waals surface area contributed by atoms with Gasteiger partial charge in [0.05, 0.1) is 0 Å². The molecule has 5 aliphatic rings. The van der Waals surface area contributed by atoms with Crippen molar-refractivity contribution in [1.82, 2.24) is 5.32 Å². The van der Waals surface area contributed by atoms with Gasteiger partial charge in [-0.15, -0.1) is 0 Å². The van der Waals surface area contributed by atoms with E-state index in [0.717, 1.165) is 37.2 Å². The average Bonchev–Trinajstić information content (AvgIpc) is 2.90. The number of carbonyl (C=O) groups excluding carboxylic acids is 1. The highest BCUT2D eigenvalue weighted by molar-refractivity contribution is 5.81. The lowest BCUT2D eigenvalue weighted by atomic mass is 9.48. The predicted octanol–water partition coefficient (Wildman–Crippen LogP) is 2.89. The average molecular weight is 277 g/mol. The Labute approximate surface area is 121 Å². The van der Waals surface area contributed by atoms with Crippen molar-refractivity contribution in [2.45, 2.75) is 70.4 Å². The van der Waals surface area contributed by atoms with E-state index < -0.39 is 0 Å². The first-order chi connectivity index (χ1) is 9.64. The van der Waals surface area contributed by atoms with Crippen molar-refractivity contribution in [2.24, 2.45) is 23.2 Å². The normalized spacial score (nSPS) is 47.5. The summed E-state index contributed by atoms with van der Waals surface area (Å²) in [5, 5.41) is 3.31. The lowest BCUT2D eigenvalue weighted by Gasteiger charge is -2.59.